The minimum absolute atomic E-state index is 0.000828. The van der Waals surface area contributed by atoms with Crippen molar-refractivity contribution in [2.24, 2.45) is 0 Å². The van der Waals surface area contributed by atoms with E-state index in [2.05, 4.69) is 0 Å². The number of hydrogen-bond donors (Lipinski definition) is 0. The van der Waals surface area contributed by atoms with Crippen LogP contribution in [0.4, 0.5) is 0 Å². The number of fused-ring (bicyclic) bond motifs is 1. The Kier molecular flexibility index (Phi) is 6.60. The molecule has 3 aromatic rings. The quantitative estimate of drug-likeness (QED) is 0.406. The van der Waals surface area contributed by atoms with Crippen LogP contribution in [0.5, 0.6) is 0 Å². The minimum atomic E-state index is -3.80. The van der Waals surface area contributed by atoms with Crippen LogP contribution in [0.2, 0.25) is 0 Å². The molecule has 0 radical (unpaired) electrons. The zero-order valence-electron chi connectivity index (χ0n) is 18.4. The SMILES string of the molecule is CC1CN(S(=O)(=O)c2cccc(C(=O)OCC(=O)c3ccc4ccccc4c3)c2)CC(C)O1. The predicted molar refractivity (Wildman–Crippen MR) is 124 cm³/mol. The Hall–Kier alpha value is -3.07. The summed E-state index contributed by atoms with van der Waals surface area (Å²) in [5.74, 6) is -1.10. The lowest BCUT2D eigenvalue weighted by Gasteiger charge is -2.34. The molecule has 3 aromatic carbocycles. The Morgan fingerprint density at radius 3 is 2.33 bits per heavy atom. The lowest BCUT2D eigenvalue weighted by molar-refractivity contribution is -0.0440. The van der Waals surface area contributed by atoms with E-state index in [0.29, 0.717) is 5.56 Å². The summed E-state index contributed by atoms with van der Waals surface area (Å²) in [5, 5.41) is 1.92. The third-order valence-corrected chi connectivity index (χ3v) is 7.33. The van der Waals surface area contributed by atoms with Gasteiger partial charge >= 0.3 is 5.97 Å². The average molecular weight is 468 g/mol. The fourth-order valence-electron chi connectivity index (χ4n) is 3.92. The second-order valence-electron chi connectivity index (χ2n) is 8.17. The molecule has 0 aromatic heterocycles. The molecule has 33 heavy (non-hydrogen) atoms. The van der Waals surface area contributed by atoms with Gasteiger partial charge in [0.1, 0.15) is 0 Å². The van der Waals surface area contributed by atoms with E-state index in [1.54, 1.807) is 12.1 Å². The molecule has 0 aliphatic carbocycles. The third kappa shape index (κ3) is 5.13. The van der Waals surface area contributed by atoms with Crippen LogP contribution in [0.25, 0.3) is 10.8 Å². The van der Waals surface area contributed by atoms with Gasteiger partial charge in [-0.3, -0.25) is 4.79 Å². The number of sulfonamides is 1. The van der Waals surface area contributed by atoms with Gasteiger partial charge in [-0.15, -0.1) is 0 Å². The second kappa shape index (κ2) is 9.43. The average Bonchev–Trinajstić information content (AvgIpc) is 2.81. The number of esters is 1. The van der Waals surface area contributed by atoms with Gasteiger partial charge in [-0.2, -0.15) is 4.31 Å². The summed E-state index contributed by atoms with van der Waals surface area (Å²) in [5.41, 5.74) is 0.505. The van der Waals surface area contributed by atoms with Crippen LogP contribution >= 0.6 is 0 Å². The van der Waals surface area contributed by atoms with Gasteiger partial charge in [-0.25, -0.2) is 13.2 Å². The van der Waals surface area contributed by atoms with E-state index in [1.807, 2.05) is 44.2 Å². The molecule has 0 bridgehead atoms. The highest BCUT2D eigenvalue weighted by atomic mass is 32.2. The highest BCUT2D eigenvalue weighted by molar-refractivity contribution is 7.89. The van der Waals surface area contributed by atoms with Crippen molar-refractivity contribution in [2.45, 2.75) is 31.0 Å². The number of carbonyl (C=O) groups is 2. The zero-order valence-corrected chi connectivity index (χ0v) is 19.2. The van der Waals surface area contributed by atoms with Crippen molar-refractivity contribution in [3.05, 3.63) is 77.9 Å². The topological polar surface area (TPSA) is 90.0 Å². The molecule has 1 aliphatic heterocycles. The first-order valence-corrected chi connectivity index (χ1v) is 12.1. The van der Waals surface area contributed by atoms with Crippen LogP contribution in [0.1, 0.15) is 34.6 Å². The normalized spacial score (nSPS) is 19.3. The maximum atomic E-state index is 13.1. The number of ketones is 1. The Balaban J connectivity index is 1.45. The van der Waals surface area contributed by atoms with Gasteiger partial charge in [0.2, 0.25) is 10.0 Å². The molecule has 7 nitrogen and oxygen atoms in total. The molecule has 1 heterocycles. The van der Waals surface area contributed by atoms with Gasteiger partial charge in [0.25, 0.3) is 0 Å². The second-order valence-corrected chi connectivity index (χ2v) is 10.1. The first kappa shape index (κ1) is 23.1. The molecule has 1 saturated heterocycles. The van der Waals surface area contributed by atoms with E-state index >= 15 is 0 Å². The monoisotopic (exact) mass is 467 g/mol. The summed E-state index contributed by atoms with van der Waals surface area (Å²) >= 11 is 0. The van der Waals surface area contributed by atoms with Gasteiger partial charge in [0, 0.05) is 18.7 Å². The predicted octanol–water partition coefficient (Wildman–Crippen LogP) is 3.68. The molecule has 2 atom stereocenters. The van der Waals surface area contributed by atoms with E-state index in [1.165, 1.54) is 28.6 Å². The summed E-state index contributed by atoms with van der Waals surface area (Å²) in [6, 6.07) is 18.6. The van der Waals surface area contributed by atoms with Crippen LogP contribution in [0.3, 0.4) is 0 Å². The number of Topliss-reactive ketones (excluding diaryl/α,β-unsaturated/α-hetero) is 1. The number of benzene rings is 3. The van der Waals surface area contributed by atoms with Crippen LogP contribution in [0.15, 0.2) is 71.6 Å². The number of morpholine rings is 1. The van der Waals surface area contributed by atoms with Crippen molar-refractivity contribution in [2.75, 3.05) is 19.7 Å². The summed E-state index contributed by atoms with van der Waals surface area (Å²) in [6.07, 6.45) is -0.449. The molecule has 8 heteroatoms. The molecule has 4 rings (SSSR count). The van der Waals surface area contributed by atoms with Crippen LogP contribution in [-0.2, 0) is 19.5 Å². The van der Waals surface area contributed by atoms with Crippen molar-refractivity contribution in [1.29, 1.82) is 0 Å². The molecular formula is C25H25NO6S. The number of ether oxygens (including phenoxy) is 2. The van der Waals surface area contributed by atoms with Gasteiger partial charge < -0.3 is 9.47 Å². The minimum Gasteiger partial charge on any atom is -0.454 e. The molecule has 0 amide bonds. The molecule has 1 aliphatic rings. The van der Waals surface area contributed by atoms with Gasteiger partial charge in [-0.05, 0) is 48.9 Å². The van der Waals surface area contributed by atoms with Crippen molar-refractivity contribution < 1.29 is 27.5 Å². The molecule has 0 saturated carbocycles. The van der Waals surface area contributed by atoms with Gasteiger partial charge in [0.15, 0.2) is 12.4 Å². The fourth-order valence-corrected chi connectivity index (χ4v) is 5.56. The van der Waals surface area contributed by atoms with Gasteiger partial charge in [-0.1, -0.05) is 42.5 Å². The van der Waals surface area contributed by atoms with Crippen molar-refractivity contribution in [1.82, 2.24) is 4.31 Å². The van der Waals surface area contributed by atoms with Crippen molar-refractivity contribution >= 4 is 32.5 Å². The molecule has 1 fully saturated rings. The Morgan fingerprint density at radius 2 is 1.61 bits per heavy atom. The zero-order chi connectivity index (χ0) is 23.6. The smallest absolute Gasteiger partial charge is 0.338 e. The third-order valence-electron chi connectivity index (χ3n) is 5.50. The van der Waals surface area contributed by atoms with Crippen LogP contribution in [-0.4, -0.2) is 56.4 Å². The van der Waals surface area contributed by atoms with E-state index < -0.39 is 22.6 Å². The van der Waals surface area contributed by atoms with E-state index in [0.717, 1.165) is 10.8 Å². The lowest BCUT2D eigenvalue weighted by Crippen LogP contribution is -2.48. The van der Waals surface area contributed by atoms with Crippen LogP contribution < -0.4 is 0 Å². The maximum absolute atomic E-state index is 13.1. The fraction of sp³-hybridized carbons (Fsp3) is 0.280. The summed E-state index contributed by atoms with van der Waals surface area (Å²) in [7, 11) is -3.80. The van der Waals surface area contributed by atoms with Crippen molar-refractivity contribution in [3.63, 3.8) is 0 Å². The Bertz CT molecular complexity index is 1290. The number of hydrogen-bond acceptors (Lipinski definition) is 6. The summed E-state index contributed by atoms with van der Waals surface area (Å²) < 4.78 is 38.3. The standard InChI is InChI=1S/C25H25NO6S/c1-17-14-26(15-18(2)32-17)33(29,30)23-9-5-8-22(13-23)25(28)31-16-24(27)21-11-10-19-6-3-4-7-20(19)12-21/h3-13,17-18H,14-16H2,1-2H3. The molecule has 2 unspecified atom stereocenters. The van der Waals surface area contributed by atoms with E-state index in [9.17, 15) is 18.0 Å². The Labute approximate surface area is 193 Å². The number of rotatable bonds is 6. The van der Waals surface area contributed by atoms with Crippen molar-refractivity contribution in [3.8, 4) is 0 Å². The summed E-state index contributed by atoms with van der Waals surface area (Å²) in [6.45, 7) is 3.67. The number of carbonyl (C=O) groups excluding carboxylic acids is 2. The summed E-state index contributed by atoms with van der Waals surface area (Å²) in [4.78, 5) is 25.1. The van der Waals surface area contributed by atoms with E-state index in [-0.39, 0.29) is 41.5 Å². The number of nitrogens with zero attached hydrogens (tertiary/aromatic N) is 1. The molecule has 0 spiro atoms. The van der Waals surface area contributed by atoms with E-state index in [4.69, 9.17) is 9.47 Å². The molecular weight excluding hydrogens is 442 g/mol. The lowest BCUT2D eigenvalue weighted by atomic mass is 10.0. The van der Waals surface area contributed by atoms with Gasteiger partial charge in [0.05, 0.1) is 22.7 Å². The largest absolute Gasteiger partial charge is 0.454 e. The molecule has 172 valence electrons. The maximum Gasteiger partial charge on any atom is 0.338 e. The highest BCUT2D eigenvalue weighted by Crippen LogP contribution is 2.22. The highest BCUT2D eigenvalue weighted by Gasteiger charge is 2.32. The first-order valence-electron chi connectivity index (χ1n) is 10.7. The Morgan fingerprint density at radius 1 is 0.909 bits per heavy atom. The molecule has 0 N–H and O–H groups in total. The first-order chi connectivity index (χ1) is 15.7. The van der Waals surface area contributed by atoms with Crippen LogP contribution in [0, 0.1) is 0 Å².